The molecule has 2 aliphatic heterocycles. The lowest BCUT2D eigenvalue weighted by Crippen LogP contribution is -2.57. The molecule has 5 heteroatoms. The van der Waals surface area contributed by atoms with E-state index in [2.05, 4.69) is 5.32 Å². The van der Waals surface area contributed by atoms with E-state index in [1.807, 2.05) is 25.7 Å². The molecule has 2 heterocycles. The van der Waals surface area contributed by atoms with Crippen LogP contribution >= 0.6 is 0 Å². The Morgan fingerprint density at radius 2 is 2.24 bits per heavy atom. The highest BCUT2D eigenvalue weighted by Crippen LogP contribution is 2.20. The molecule has 0 aromatic carbocycles. The van der Waals surface area contributed by atoms with Crippen molar-refractivity contribution >= 4 is 6.03 Å². The first kappa shape index (κ1) is 12.6. The molecule has 0 aromatic heterocycles. The van der Waals surface area contributed by atoms with E-state index in [4.69, 9.17) is 9.47 Å². The molecule has 2 fully saturated rings. The van der Waals surface area contributed by atoms with Gasteiger partial charge in [-0.05, 0) is 27.2 Å². The van der Waals surface area contributed by atoms with Crippen LogP contribution in [-0.4, -0.2) is 55.0 Å². The summed E-state index contributed by atoms with van der Waals surface area (Å²) in [6.07, 6.45) is 0.999. The van der Waals surface area contributed by atoms with Gasteiger partial charge in [0.05, 0.1) is 30.9 Å². The highest BCUT2D eigenvalue weighted by Gasteiger charge is 2.34. The van der Waals surface area contributed by atoms with Crippen LogP contribution in [-0.2, 0) is 9.47 Å². The molecule has 98 valence electrons. The second kappa shape index (κ2) is 4.82. The smallest absolute Gasteiger partial charge is 0.317 e. The van der Waals surface area contributed by atoms with Crippen molar-refractivity contribution in [2.75, 3.05) is 26.3 Å². The highest BCUT2D eigenvalue weighted by atomic mass is 16.5. The van der Waals surface area contributed by atoms with Gasteiger partial charge in [-0.15, -0.1) is 0 Å². The molecule has 17 heavy (non-hydrogen) atoms. The van der Waals surface area contributed by atoms with Crippen molar-refractivity contribution in [2.24, 2.45) is 0 Å². The van der Waals surface area contributed by atoms with Gasteiger partial charge in [0.25, 0.3) is 0 Å². The van der Waals surface area contributed by atoms with Crippen molar-refractivity contribution in [3.8, 4) is 0 Å². The third kappa shape index (κ3) is 3.33. The van der Waals surface area contributed by atoms with Crippen molar-refractivity contribution < 1.29 is 14.3 Å². The Morgan fingerprint density at radius 1 is 1.47 bits per heavy atom. The number of amides is 2. The van der Waals surface area contributed by atoms with Crippen LogP contribution in [0.4, 0.5) is 4.79 Å². The predicted molar refractivity (Wildman–Crippen MR) is 64.0 cm³/mol. The van der Waals surface area contributed by atoms with Crippen molar-refractivity contribution in [3.05, 3.63) is 0 Å². The minimum Gasteiger partial charge on any atom is -0.379 e. The highest BCUT2D eigenvalue weighted by molar-refractivity contribution is 5.74. The van der Waals surface area contributed by atoms with E-state index in [0.29, 0.717) is 19.7 Å². The Hall–Kier alpha value is -0.810. The van der Waals surface area contributed by atoms with E-state index >= 15 is 0 Å². The largest absolute Gasteiger partial charge is 0.379 e. The summed E-state index contributed by atoms with van der Waals surface area (Å²) in [5, 5.41) is 3.01. The Kier molecular flexibility index (Phi) is 3.58. The lowest BCUT2D eigenvalue weighted by atomic mass is 10.1. The second-order valence-corrected chi connectivity index (χ2v) is 5.58. The molecule has 1 N–H and O–H groups in total. The van der Waals surface area contributed by atoms with E-state index < -0.39 is 0 Å². The number of hydrogen-bond acceptors (Lipinski definition) is 3. The second-order valence-electron chi connectivity index (χ2n) is 5.58. The number of urea groups is 1. The maximum Gasteiger partial charge on any atom is 0.317 e. The molecule has 0 bridgehead atoms. The average Bonchev–Trinajstić information content (AvgIpc) is 2.67. The Morgan fingerprint density at radius 3 is 2.82 bits per heavy atom. The molecule has 2 atom stereocenters. The Labute approximate surface area is 102 Å². The van der Waals surface area contributed by atoms with Crippen LogP contribution in [0, 0.1) is 0 Å². The number of morpholine rings is 1. The monoisotopic (exact) mass is 242 g/mol. The maximum atomic E-state index is 12.1. The molecule has 2 aliphatic rings. The molecule has 0 aromatic rings. The standard InChI is InChI=1S/C12H22N2O3/c1-9-6-14(8-12(2,3)17-9)11(15)13-10-4-5-16-7-10/h9-10H,4-8H2,1-3H3,(H,13,15). The van der Waals surface area contributed by atoms with Gasteiger partial charge < -0.3 is 19.7 Å². The lowest BCUT2D eigenvalue weighted by molar-refractivity contribution is -0.117. The summed E-state index contributed by atoms with van der Waals surface area (Å²) in [5.41, 5.74) is -0.263. The number of ether oxygens (including phenoxy) is 2. The first-order valence-corrected chi connectivity index (χ1v) is 6.27. The number of nitrogens with zero attached hydrogens (tertiary/aromatic N) is 1. The maximum absolute atomic E-state index is 12.1. The van der Waals surface area contributed by atoms with Crippen LogP contribution < -0.4 is 5.32 Å². The molecule has 2 unspecified atom stereocenters. The topological polar surface area (TPSA) is 50.8 Å². The third-order valence-electron chi connectivity index (χ3n) is 3.11. The van der Waals surface area contributed by atoms with Gasteiger partial charge >= 0.3 is 6.03 Å². The van der Waals surface area contributed by atoms with E-state index in [0.717, 1.165) is 13.0 Å². The van der Waals surface area contributed by atoms with Gasteiger partial charge in [0.1, 0.15) is 0 Å². The molecule has 5 nitrogen and oxygen atoms in total. The van der Waals surface area contributed by atoms with Gasteiger partial charge in [0.2, 0.25) is 0 Å². The summed E-state index contributed by atoms with van der Waals surface area (Å²) >= 11 is 0. The number of carbonyl (C=O) groups is 1. The molecule has 0 saturated carbocycles. The predicted octanol–water partition coefficient (Wildman–Crippen LogP) is 0.984. The quantitative estimate of drug-likeness (QED) is 0.746. The summed E-state index contributed by atoms with van der Waals surface area (Å²) in [6, 6.07) is 0.174. The number of rotatable bonds is 1. The fraction of sp³-hybridized carbons (Fsp3) is 0.917. The average molecular weight is 242 g/mol. The van der Waals surface area contributed by atoms with Gasteiger partial charge in [-0.25, -0.2) is 4.79 Å². The van der Waals surface area contributed by atoms with Crippen LogP contribution in [0.3, 0.4) is 0 Å². The minimum atomic E-state index is -0.263. The molecule has 0 spiro atoms. The summed E-state index contributed by atoms with van der Waals surface area (Å²) in [4.78, 5) is 13.9. The van der Waals surface area contributed by atoms with E-state index in [-0.39, 0.29) is 23.8 Å². The van der Waals surface area contributed by atoms with Gasteiger partial charge in [-0.3, -0.25) is 0 Å². The molecule has 2 saturated heterocycles. The van der Waals surface area contributed by atoms with Crippen molar-refractivity contribution in [1.82, 2.24) is 10.2 Å². The van der Waals surface area contributed by atoms with Gasteiger partial charge in [-0.1, -0.05) is 0 Å². The van der Waals surface area contributed by atoms with Crippen molar-refractivity contribution in [1.29, 1.82) is 0 Å². The van der Waals surface area contributed by atoms with Crippen molar-refractivity contribution in [3.63, 3.8) is 0 Å². The zero-order chi connectivity index (χ0) is 12.5. The van der Waals surface area contributed by atoms with Gasteiger partial charge in [0, 0.05) is 13.2 Å². The van der Waals surface area contributed by atoms with Crippen LogP contribution in [0.2, 0.25) is 0 Å². The zero-order valence-corrected chi connectivity index (χ0v) is 10.9. The van der Waals surface area contributed by atoms with Crippen LogP contribution in [0.25, 0.3) is 0 Å². The fourth-order valence-electron chi connectivity index (χ4n) is 2.52. The first-order valence-electron chi connectivity index (χ1n) is 6.27. The third-order valence-corrected chi connectivity index (χ3v) is 3.11. The fourth-order valence-corrected chi connectivity index (χ4v) is 2.52. The summed E-state index contributed by atoms with van der Waals surface area (Å²) in [5.74, 6) is 0. The molecular weight excluding hydrogens is 220 g/mol. The Bertz CT molecular complexity index is 287. The summed E-state index contributed by atoms with van der Waals surface area (Å²) in [7, 11) is 0. The van der Waals surface area contributed by atoms with Gasteiger partial charge in [0.15, 0.2) is 0 Å². The van der Waals surface area contributed by atoms with Crippen molar-refractivity contribution in [2.45, 2.75) is 44.9 Å². The number of hydrogen-bond donors (Lipinski definition) is 1. The first-order chi connectivity index (χ1) is 7.96. The van der Waals surface area contributed by atoms with Crippen LogP contribution in [0.1, 0.15) is 27.2 Å². The molecule has 0 aliphatic carbocycles. The molecule has 0 radical (unpaired) electrons. The van der Waals surface area contributed by atoms with Crippen LogP contribution in [0.5, 0.6) is 0 Å². The van der Waals surface area contributed by atoms with Crippen LogP contribution in [0.15, 0.2) is 0 Å². The molecule has 2 amide bonds. The summed E-state index contributed by atoms with van der Waals surface area (Å²) in [6.45, 7) is 8.70. The summed E-state index contributed by atoms with van der Waals surface area (Å²) < 4.78 is 11.0. The lowest BCUT2D eigenvalue weighted by Gasteiger charge is -2.41. The Balaban J connectivity index is 1.89. The van der Waals surface area contributed by atoms with Gasteiger partial charge in [-0.2, -0.15) is 0 Å². The number of carbonyl (C=O) groups excluding carboxylic acids is 1. The van der Waals surface area contributed by atoms with E-state index in [9.17, 15) is 4.79 Å². The van der Waals surface area contributed by atoms with E-state index in [1.165, 1.54) is 0 Å². The van der Waals surface area contributed by atoms with E-state index in [1.54, 1.807) is 0 Å². The molecule has 2 rings (SSSR count). The normalized spacial score (nSPS) is 32.5. The minimum absolute atomic E-state index is 0.00345. The number of nitrogens with one attached hydrogen (secondary N) is 1. The molecular formula is C12H22N2O3. The zero-order valence-electron chi connectivity index (χ0n) is 10.9. The SMILES string of the molecule is CC1CN(C(=O)NC2CCOC2)CC(C)(C)O1.